The molecule has 34 heavy (non-hydrogen) atoms. The second-order valence-electron chi connectivity index (χ2n) is 7.81. The molecule has 1 atom stereocenters. The number of aromatic nitrogens is 2. The topological polar surface area (TPSA) is 84.2 Å². The molecule has 174 valence electrons. The lowest BCUT2D eigenvalue weighted by Crippen LogP contribution is -2.26. The van der Waals surface area contributed by atoms with Crippen LogP contribution in [-0.4, -0.2) is 27.2 Å². The molecule has 0 aliphatic carbocycles. The average molecular weight is 494 g/mol. The van der Waals surface area contributed by atoms with E-state index in [-0.39, 0.29) is 18.1 Å². The summed E-state index contributed by atoms with van der Waals surface area (Å²) in [4.78, 5) is 31.4. The number of halogens is 1. The van der Waals surface area contributed by atoms with E-state index in [4.69, 9.17) is 16.6 Å². The third-order valence-electron chi connectivity index (χ3n) is 5.37. The summed E-state index contributed by atoms with van der Waals surface area (Å²) < 4.78 is 1.54. The van der Waals surface area contributed by atoms with Crippen molar-refractivity contribution >= 4 is 45.9 Å². The van der Waals surface area contributed by atoms with E-state index in [0.717, 1.165) is 11.1 Å². The van der Waals surface area contributed by atoms with E-state index in [0.29, 0.717) is 39.7 Å². The maximum atomic E-state index is 13.5. The van der Waals surface area contributed by atoms with E-state index in [1.807, 2.05) is 49.4 Å². The number of carbonyl (C=O) groups excluding carboxylic acids is 1. The minimum absolute atomic E-state index is 0.0554. The number of amides is 1. The molecule has 8 heteroatoms. The van der Waals surface area contributed by atoms with Gasteiger partial charge in [-0.2, -0.15) is 0 Å². The Hall–Kier alpha value is -3.13. The van der Waals surface area contributed by atoms with Gasteiger partial charge in [-0.1, -0.05) is 71.9 Å². The summed E-state index contributed by atoms with van der Waals surface area (Å²) in [5.41, 5.74) is 2.65. The van der Waals surface area contributed by atoms with Crippen molar-refractivity contribution in [1.29, 1.82) is 0 Å². The summed E-state index contributed by atoms with van der Waals surface area (Å²) in [5.74, 6) is -0.257. The van der Waals surface area contributed by atoms with E-state index in [2.05, 4.69) is 5.32 Å². The number of hydrogen-bond donors (Lipinski definition) is 2. The van der Waals surface area contributed by atoms with Crippen LogP contribution in [0.4, 0.5) is 5.69 Å². The number of thioether (sulfide) groups is 1. The number of aryl methyl sites for hydroxylation is 1. The largest absolute Gasteiger partial charge is 0.396 e. The van der Waals surface area contributed by atoms with Gasteiger partial charge in [0.1, 0.15) is 5.25 Å². The number of benzene rings is 3. The van der Waals surface area contributed by atoms with Crippen LogP contribution in [0.5, 0.6) is 0 Å². The fourth-order valence-electron chi connectivity index (χ4n) is 3.55. The molecule has 3 aromatic carbocycles. The predicted molar refractivity (Wildman–Crippen MR) is 138 cm³/mol. The van der Waals surface area contributed by atoms with E-state index in [1.54, 1.807) is 30.3 Å². The zero-order chi connectivity index (χ0) is 24.1. The number of hydrogen-bond acceptors (Lipinski definition) is 5. The summed E-state index contributed by atoms with van der Waals surface area (Å²) in [6.45, 7) is 2.14. The van der Waals surface area contributed by atoms with Gasteiger partial charge in [0.15, 0.2) is 5.16 Å². The maximum Gasteiger partial charge on any atom is 0.262 e. The Morgan fingerprint density at radius 3 is 2.59 bits per heavy atom. The predicted octanol–water partition coefficient (Wildman–Crippen LogP) is 5.21. The van der Waals surface area contributed by atoms with Gasteiger partial charge in [-0.15, -0.1) is 0 Å². The standard InChI is InChI=1S/C26H24ClN3O3S/c1-17-12-13-19(16-21(17)27)28-24(32)23(18-8-3-2-4-9-18)34-26-29-22-11-6-5-10-20(22)25(33)30(26)14-7-15-31/h2-6,8-13,16,23,31H,7,14-15H2,1H3,(H,28,32). The minimum Gasteiger partial charge on any atom is -0.396 e. The second kappa shape index (κ2) is 10.9. The number of aliphatic hydroxyl groups excluding tert-OH is 1. The Labute approximate surface area is 206 Å². The molecule has 0 radical (unpaired) electrons. The molecule has 0 bridgehead atoms. The van der Waals surface area contributed by atoms with E-state index < -0.39 is 5.25 Å². The fraction of sp³-hybridized carbons (Fsp3) is 0.192. The number of carbonyl (C=O) groups is 1. The number of nitrogens with zero attached hydrogens (tertiary/aromatic N) is 2. The molecule has 0 aliphatic rings. The van der Waals surface area contributed by atoms with Crippen molar-refractivity contribution < 1.29 is 9.90 Å². The normalized spacial score (nSPS) is 12.0. The van der Waals surface area contributed by atoms with Crippen LogP contribution in [0.3, 0.4) is 0 Å². The molecule has 0 saturated carbocycles. The summed E-state index contributed by atoms with van der Waals surface area (Å²) in [6.07, 6.45) is 0.400. The van der Waals surface area contributed by atoms with Gasteiger partial charge in [-0.25, -0.2) is 4.98 Å². The Morgan fingerprint density at radius 1 is 1.12 bits per heavy atom. The van der Waals surface area contributed by atoms with Crippen molar-refractivity contribution in [3.8, 4) is 0 Å². The van der Waals surface area contributed by atoms with Crippen molar-refractivity contribution in [1.82, 2.24) is 9.55 Å². The average Bonchev–Trinajstić information content (AvgIpc) is 2.85. The summed E-state index contributed by atoms with van der Waals surface area (Å²) >= 11 is 7.45. The van der Waals surface area contributed by atoms with Crippen molar-refractivity contribution in [2.24, 2.45) is 0 Å². The zero-order valence-electron chi connectivity index (χ0n) is 18.6. The molecule has 2 N–H and O–H groups in total. The first-order chi connectivity index (χ1) is 16.5. The van der Waals surface area contributed by atoms with E-state index in [1.165, 1.54) is 16.3 Å². The number of anilines is 1. The molecule has 1 unspecified atom stereocenters. The van der Waals surface area contributed by atoms with Crippen LogP contribution < -0.4 is 10.9 Å². The fourth-order valence-corrected chi connectivity index (χ4v) is 4.85. The minimum atomic E-state index is -0.672. The molecular weight excluding hydrogens is 470 g/mol. The molecule has 0 saturated heterocycles. The SMILES string of the molecule is Cc1ccc(NC(=O)C(Sc2nc3ccccc3c(=O)n2CCCO)c2ccccc2)cc1Cl. The molecule has 1 aromatic heterocycles. The van der Waals surface area contributed by atoms with Crippen LogP contribution in [0.15, 0.2) is 82.7 Å². The number of aliphatic hydroxyl groups is 1. The zero-order valence-corrected chi connectivity index (χ0v) is 20.1. The molecule has 6 nitrogen and oxygen atoms in total. The Bertz CT molecular complexity index is 1380. The second-order valence-corrected chi connectivity index (χ2v) is 9.29. The highest BCUT2D eigenvalue weighted by Crippen LogP contribution is 2.36. The number of nitrogens with one attached hydrogen (secondary N) is 1. The highest BCUT2D eigenvalue weighted by Gasteiger charge is 2.25. The van der Waals surface area contributed by atoms with Gasteiger partial charge in [0.2, 0.25) is 5.91 Å². The van der Waals surface area contributed by atoms with Gasteiger partial charge >= 0.3 is 0 Å². The maximum absolute atomic E-state index is 13.5. The molecule has 0 spiro atoms. The van der Waals surface area contributed by atoms with Crippen LogP contribution >= 0.6 is 23.4 Å². The van der Waals surface area contributed by atoms with Gasteiger partial charge in [-0.3, -0.25) is 14.2 Å². The molecule has 4 aromatic rings. The number of fused-ring (bicyclic) bond motifs is 1. The molecule has 1 amide bonds. The number of rotatable bonds is 8. The van der Waals surface area contributed by atoms with Crippen LogP contribution in [0.1, 0.15) is 22.8 Å². The highest BCUT2D eigenvalue weighted by atomic mass is 35.5. The van der Waals surface area contributed by atoms with E-state index >= 15 is 0 Å². The van der Waals surface area contributed by atoms with Crippen LogP contribution in [0.25, 0.3) is 10.9 Å². The molecule has 4 rings (SSSR count). The summed E-state index contributed by atoms with van der Waals surface area (Å²) in [5, 5.41) is 13.1. The summed E-state index contributed by atoms with van der Waals surface area (Å²) in [7, 11) is 0. The first-order valence-electron chi connectivity index (χ1n) is 10.9. The Balaban J connectivity index is 1.75. The van der Waals surface area contributed by atoms with Crippen molar-refractivity contribution in [2.75, 3.05) is 11.9 Å². The lowest BCUT2D eigenvalue weighted by molar-refractivity contribution is -0.115. The van der Waals surface area contributed by atoms with Gasteiger partial charge in [0.25, 0.3) is 5.56 Å². The Morgan fingerprint density at radius 2 is 1.85 bits per heavy atom. The van der Waals surface area contributed by atoms with Crippen LogP contribution in [0, 0.1) is 6.92 Å². The lowest BCUT2D eigenvalue weighted by Gasteiger charge is -2.19. The van der Waals surface area contributed by atoms with Crippen molar-refractivity contribution in [3.05, 3.63) is 99.3 Å². The highest BCUT2D eigenvalue weighted by molar-refractivity contribution is 8.00. The molecule has 1 heterocycles. The third kappa shape index (κ3) is 5.33. The van der Waals surface area contributed by atoms with Crippen LogP contribution in [0.2, 0.25) is 5.02 Å². The first kappa shape index (κ1) is 24.0. The smallest absolute Gasteiger partial charge is 0.262 e. The molecule has 0 aliphatic heterocycles. The van der Waals surface area contributed by atoms with Gasteiger partial charge in [0, 0.05) is 23.9 Å². The van der Waals surface area contributed by atoms with Gasteiger partial charge in [-0.05, 0) is 48.7 Å². The third-order valence-corrected chi connectivity index (χ3v) is 7.02. The monoisotopic (exact) mass is 493 g/mol. The molecule has 0 fully saturated rings. The molecular formula is C26H24ClN3O3S. The van der Waals surface area contributed by atoms with Gasteiger partial charge < -0.3 is 10.4 Å². The van der Waals surface area contributed by atoms with Gasteiger partial charge in [0.05, 0.1) is 10.9 Å². The Kier molecular flexibility index (Phi) is 7.67. The van der Waals surface area contributed by atoms with E-state index in [9.17, 15) is 14.7 Å². The van der Waals surface area contributed by atoms with Crippen LogP contribution in [-0.2, 0) is 11.3 Å². The number of para-hydroxylation sites is 1. The van der Waals surface area contributed by atoms with Crippen molar-refractivity contribution in [3.63, 3.8) is 0 Å². The lowest BCUT2D eigenvalue weighted by atomic mass is 10.1. The van der Waals surface area contributed by atoms with Crippen molar-refractivity contribution in [2.45, 2.75) is 30.3 Å². The summed E-state index contributed by atoms with van der Waals surface area (Å²) in [6, 6.07) is 21.9. The first-order valence-corrected chi connectivity index (χ1v) is 12.1. The quantitative estimate of drug-likeness (QED) is 0.260.